The van der Waals surface area contributed by atoms with Crippen LogP contribution in [0.3, 0.4) is 0 Å². The van der Waals surface area contributed by atoms with E-state index in [1.807, 2.05) is 0 Å². The van der Waals surface area contributed by atoms with Crippen LogP contribution >= 0.6 is 11.6 Å². The molecule has 2 rings (SSSR count). The Morgan fingerprint density at radius 2 is 1.95 bits per heavy atom. The van der Waals surface area contributed by atoms with Gasteiger partial charge in [0.1, 0.15) is 5.75 Å². The average Bonchev–Trinajstić information content (AvgIpc) is 2.29. The van der Waals surface area contributed by atoms with Gasteiger partial charge in [0.15, 0.2) is 6.10 Å². The van der Waals surface area contributed by atoms with Crippen molar-refractivity contribution in [2.75, 3.05) is 13.1 Å². The third-order valence-corrected chi connectivity index (χ3v) is 3.27. The highest BCUT2D eigenvalue weighted by Gasteiger charge is 2.37. The van der Waals surface area contributed by atoms with Crippen molar-refractivity contribution in [3.8, 4) is 5.75 Å². The van der Waals surface area contributed by atoms with E-state index in [1.54, 1.807) is 31.2 Å². The molecule has 1 aliphatic rings. The molecule has 1 amide bonds. The Morgan fingerprint density at radius 1 is 1.37 bits per heavy atom. The number of nitrogens with zero attached hydrogens (tertiary/aromatic N) is 1. The minimum atomic E-state index is -0.865. The van der Waals surface area contributed by atoms with Crippen LogP contribution in [-0.4, -0.2) is 41.1 Å². The van der Waals surface area contributed by atoms with Crippen molar-refractivity contribution in [1.29, 1.82) is 0 Å². The van der Waals surface area contributed by atoms with Crippen LogP contribution in [0.5, 0.6) is 5.75 Å². The predicted molar refractivity (Wildman–Crippen MR) is 69.2 cm³/mol. The lowest BCUT2D eigenvalue weighted by Crippen LogP contribution is -2.56. The molecule has 0 spiro atoms. The molecule has 0 saturated carbocycles. The summed E-state index contributed by atoms with van der Waals surface area (Å²) < 4.78 is 5.49. The van der Waals surface area contributed by atoms with Crippen LogP contribution in [0.2, 0.25) is 5.02 Å². The third-order valence-electron chi connectivity index (χ3n) is 3.02. The molecule has 5 nitrogen and oxygen atoms in total. The fourth-order valence-electron chi connectivity index (χ4n) is 1.84. The van der Waals surface area contributed by atoms with E-state index >= 15 is 0 Å². The van der Waals surface area contributed by atoms with Crippen molar-refractivity contribution in [3.05, 3.63) is 29.3 Å². The highest BCUT2D eigenvalue weighted by Crippen LogP contribution is 2.20. The summed E-state index contributed by atoms with van der Waals surface area (Å²) in [7, 11) is 0. The smallest absolute Gasteiger partial charge is 0.310 e. The van der Waals surface area contributed by atoms with Gasteiger partial charge in [-0.3, -0.25) is 9.59 Å². The Bertz CT molecular complexity index is 482. The van der Waals surface area contributed by atoms with E-state index in [0.717, 1.165) is 0 Å². The maximum absolute atomic E-state index is 11.9. The number of hydrogen-bond donors (Lipinski definition) is 1. The van der Waals surface area contributed by atoms with E-state index in [1.165, 1.54) is 4.90 Å². The Morgan fingerprint density at radius 3 is 2.47 bits per heavy atom. The third kappa shape index (κ3) is 3.17. The lowest BCUT2D eigenvalue weighted by atomic mass is 10.00. The molecule has 1 fully saturated rings. The van der Waals surface area contributed by atoms with Gasteiger partial charge in [-0.2, -0.15) is 0 Å². The highest BCUT2D eigenvalue weighted by molar-refractivity contribution is 6.30. The summed E-state index contributed by atoms with van der Waals surface area (Å²) in [6, 6.07) is 6.72. The van der Waals surface area contributed by atoms with Crippen LogP contribution in [0.25, 0.3) is 0 Å². The minimum absolute atomic E-state index is 0.201. The van der Waals surface area contributed by atoms with E-state index < -0.39 is 18.0 Å². The normalized spacial score (nSPS) is 16.6. The summed E-state index contributed by atoms with van der Waals surface area (Å²) >= 11 is 5.75. The van der Waals surface area contributed by atoms with Gasteiger partial charge in [-0.05, 0) is 31.2 Å². The van der Waals surface area contributed by atoms with Crippen molar-refractivity contribution < 1.29 is 19.4 Å². The van der Waals surface area contributed by atoms with Crippen molar-refractivity contribution in [2.24, 2.45) is 5.92 Å². The summed E-state index contributed by atoms with van der Waals surface area (Å²) in [5.41, 5.74) is 0. The molecule has 1 aromatic carbocycles. The first-order chi connectivity index (χ1) is 8.97. The van der Waals surface area contributed by atoms with Gasteiger partial charge in [-0.15, -0.1) is 0 Å². The van der Waals surface area contributed by atoms with Gasteiger partial charge in [0.25, 0.3) is 5.91 Å². The molecule has 1 heterocycles. The van der Waals surface area contributed by atoms with Crippen LogP contribution in [0.4, 0.5) is 0 Å². The number of likely N-dealkylation sites (tertiary alicyclic amines) is 1. The molecule has 1 aromatic rings. The number of halogens is 1. The second-order valence-electron chi connectivity index (χ2n) is 4.49. The molecule has 0 bridgehead atoms. The number of carboxylic acids is 1. The molecule has 1 atom stereocenters. The largest absolute Gasteiger partial charge is 0.481 e. The zero-order valence-corrected chi connectivity index (χ0v) is 11.1. The highest BCUT2D eigenvalue weighted by atomic mass is 35.5. The lowest BCUT2D eigenvalue weighted by Gasteiger charge is -2.38. The van der Waals surface area contributed by atoms with Gasteiger partial charge >= 0.3 is 5.97 Å². The van der Waals surface area contributed by atoms with Gasteiger partial charge in [0, 0.05) is 18.1 Å². The van der Waals surface area contributed by atoms with E-state index in [0.29, 0.717) is 10.8 Å². The van der Waals surface area contributed by atoms with Crippen LogP contribution in [0.15, 0.2) is 24.3 Å². The summed E-state index contributed by atoms with van der Waals surface area (Å²) in [5.74, 6) is -0.963. The van der Waals surface area contributed by atoms with Crippen LogP contribution in [0, 0.1) is 5.92 Å². The number of carbonyl (C=O) groups excluding carboxylic acids is 1. The van der Waals surface area contributed by atoms with Gasteiger partial charge < -0.3 is 14.7 Å². The number of amides is 1. The molecular formula is C13H14ClNO4. The molecule has 6 heteroatoms. The van der Waals surface area contributed by atoms with E-state index in [9.17, 15) is 9.59 Å². The minimum Gasteiger partial charge on any atom is -0.481 e. The zero-order valence-electron chi connectivity index (χ0n) is 10.4. The number of carbonyl (C=O) groups is 2. The fourth-order valence-corrected chi connectivity index (χ4v) is 1.97. The first-order valence-corrected chi connectivity index (χ1v) is 6.29. The molecule has 0 radical (unpaired) electrons. The molecule has 19 heavy (non-hydrogen) atoms. The van der Waals surface area contributed by atoms with Crippen molar-refractivity contribution >= 4 is 23.5 Å². The summed E-state index contributed by atoms with van der Waals surface area (Å²) in [5, 5.41) is 9.35. The number of hydrogen-bond acceptors (Lipinski definition) is 3. The van der Waals surface area contributed by atoms with Crippen molar-refractivity contribution in [3.63, 3.8) is 0 Å². The molecule has 1 unspecified atom stereocenters. The average molecular weight is 284 g/mol. The molecule has 1 aliphatic heterocycles. The standard InChI is InChI=1S/C13H14ClNO4/c1-8(19-11-4-2-10(14)3-5-11)12(16)15-6-9(7-15)13(17)18/h2-5,8-9H,6-7H2,1H3,(H,17,18). The first-order valence-electron chi connectivity index (χ1n) is 5.91. The topological polar surface area (TPSA) is 66.8 Å². The quantitative estimate of drug-likeness (QED) is 0.912. The predicted octanol–water partition coefficient (Wildman–Crippen LogP) is 1.65. The van der Waals surface area contributed by atoms with Gasteiger partial charge in [0.05, 0.1) is 5.92 Å². The molecule has 102 valence electrons. The number of ether oxygens (including phenoxy) is 1. The second kappa shape index (κ2) is 5.48. The van der Waals surface area contributed by atoms with Gasteiger partial charge in [-0.25, -0.2) is 0 Å². The summed E-state index contributed by atoms with van der Waals surface area (Å²) in [4.78, 5) is 24.1. The second-order valence-corrected chi connectivity index (χ2v) is 4.93. The van der Waals surface area contributed by atoms with E-state index in [-0.39, 0.29) is 19.0 Å². The zero-order chi connectivity index (χ0) is 14.0. The Balaban J connectivity index is 1.87. The molecule has 1 N–H and O–H groups in total. The number of aliphatic carboxylic acids is 1. The van der Waals surface area contributed by atoms with Gasteiger partial charge in [0.2, 0.25) is 0 Å². The fraction of sp³-hybridized carbons (Fsp3) is 0.385. The molecule has 1 saturated heterocycles. The Kier molecular flexibility index (Phi) is 3.95. The van der Waals surface area contributed by atoms with Crippen LogP contribution in [-0.2, 0) is 9.59 Å². The van der Waals surface area contributed by atoms with Gasteiger partial charge in [-0.1, -0.05) is 11.6 Å². The van der Waals surface area contributed by atoms with E-state index in [4.69, 9.17) is 21.4 Å². The summed E-state index contributed by atoms with van der Waals surface area (Å²) in [6.07, 6.45) is -0.643. The molecule has 0 aromatic heterocycles. The SMILES string of the molecule is CC(Oc1ccc(Cl)cc1)C(=O)N1CC(C(=O)O)C1. The number of carboxylic acid groups (broad SMARTS) is 1. The summed E-state index contributed by atoms with van der Waals surface area (Å²) in [6.45, 7) is 2.15. The molecular weight excluding hydrogens is 270 g/mol. The van der Waals surface area contributed by atoms with Crippen molar-refractivity contribution in [1.82, 2.24) is 4.90 Å². The van der Waals surface area contributed by atoms with Crippen molar-refractivity contribution in [2.45, 2.75) is 13.0 Å². The van der Waals surface area contributed by atoms with Crippen LogP contribution in [0.1, 0.15) is 6.92 Å². The Labute approximate surface area is 115 Å². The maximum Gasteiger partial charge on any atom is 0.310 e. The number of benzene rings is 1. The Hall–Kier alpha value is -1.75. The number of rotatable bonds is 4. The van der Waals surface area contributed by atoms with Crippen LogP contribution < -0.4 is 4.74 Å². The monoisotopic (exact) mass is 283 g/mol. The maximum atomic E-state index is 11.9. The first kappa shape index (κ1) is 13.7. The van der Waals surface area contributed by atoms with E-state index in [2.05, 4.69) is 0 Å². The lowest BCUT2D eigenvalue weighted by molar-refractivity contribution is -0.155. The molecule has 0 aliphatic carbocycles.